The van der Waals surface area contributed by atoms with Crippen LogP contribution in [0, 0.1) is 0 Å². The van der Waals surface area contributed by atoms with Gasteiger partial charge in [0.2, 0.25) is 5.91 Å². The number of piperazine rings is 1. The minimum atomic E-state index is -0.0225. The van der Waals surface area contributed by atoms with Crippen LogP contribution >= 0.6 is 0 Å². The van der Waals surface area contributed by atoms with E-state index in [-0.39, 0.29) is 11.6 Å². The molecule has 92 valence electrons. The van der Waals surface area contributed by atoms with E-state index in [1.165, 1.54) is 32.1 Å². The number of nitrogens with one attached hydrogen (secondary N) is 1. The van der Waals surface area contributed by atoms with Crippen molar-refractivity contribution >= 4 is 5.91 Å². The van der Waals surface area contributed by atoms with Crippen LogP contribution in [-0.2, 0) is 4.79 Å². The first kappa shape index (κ1) is 11.9. The molecule has 2 aliphatic rings. The number of hydrogen-bond acceptors (Lipinski definition) is 2. The van der Waals surface area contributed by atoms with Crippen LogP contribution < -0.4 is 5.32 Å². The summed E-state index contributed by atoms with van der Waals surface area (Å²) in [4.78, 5) is 14.3. The summed E-state index contributed by atoms with van der Waals surface area (Å²) in [6.45, 7) is 7.22. The predicted molar refractivity (Wildman–Crippen MR) is 65.3 cm³/mol. The third-order valence-corrected chi connectivity index (χ3v) is 3.84. The van der Waals surface area contributed by atoms with Gasteiger partial charge in [-0.3, -0.25) is 10.1 Å². The summed E-state index contributed by atoms with van der Waals surface area (Å²) < 4.78 is 0. The van der Waals surface area contributed by atoms with Gasteiger partial charge in [-0.25, -0.2) is 0 Å². The minimum absolute atomic E-state index is 0.0225. The highest BCUT2D eigenvalue weighted by Crippen LogP contribution is 2.26. The number of nitrogens with zero attached hydrogens (tertiary/aromatic N) is 1. The van der Waals surface area contributed by atoms with Crippen LogP contribution in [0.5, 0.6) is 0 Å². The lowest BCUT2D eigenvalue weighted by atomic mass is 9.90. The summed E-state index contributed by atoms with van der Waals surface area (Å²) in [6.07, 6.45) is 6.33. The molecule has 16 heavy (non-hydrogen) atoms. The van der Waals surface area contributed by atoms with Crippen LogP contribution in [0.1, 0.15) is 52.9 Å². The fraction of sp³-hybridized carbons (Fsp3) is 0.923. The number of rotatable bonds is 1. The maximum atomic E-state index is 12.2. The maximum absolute atomic E-state index is 12.2. The topological polar surface area (TPSA) is 32.3 Å². The summed E-state index contributed by atoms with van der Waals surface area (Å²) >= 11 is 0. The van der Waals surface area contributed by atoms with Crippen molar-refractivity contribution in [2.75, 3.05) is 6.54 Å². The summed E-state index contributed by atoms with van der Waals surface area (Å²) in [5, 5.41) is 3.38. The first-order valence-electron chi connectivity index (χ1n) is 6.58. The Labute approximate surface area is 98.6 Å². The minimum Gasteiger partial charge on any atom is -0.337 e. The highest BCUT2D eigenvalue weighted by atomic mass is 16.2. The fourth-order valence-corrected chi connectivity index (χ4v) is 3.15. The first-order chi connectivity index (χ1) is 7.49. The van der Waals surface area contributed by atoms with Gasteiger partial charge in [0, 0.05) is 18.1 Å². The van der Waals surface area contributed by atoms with Gasteiger partial charge in [-0.2, -0.15) is 0 Å². The number of carbonyl (C=O) groups is 1. The molecule has 3 nitrogen and oxygen atoms in total. The van der Waals surface area contributed by atoms with E-state index in [4.69, 9.17) is 0 Å². The molecule has 2 fully saturated rings. The molecule has 0 aromatic rings. The quantitative estimate of drug-likeness (QED) is 0.738. The van der Waals surface area contributed by atoms with Gasteiger partial charge in [-0.05, 0) is 33.6 Å². The van der Waals surface area contributed by atoms with Gasteiger partial charge in [0.1, 0.15) is 0 Å². The monoisotopic (exact) mass is 224 g/mol. The molecule has 0 bridgehead atoms. The van der Waals surface area contributed by atoms with Crippen molar-refractivity contribution in [3.63, 3.8) is 0 Å². The summed E-state index contributed by atoms with van der Waals surface area (Å²) in [6, 6.07) is 0.482. The van der Waals surface area contributed by atoms with E-state index in [1.54, 1.807) is 0 Å². The van der Waals surface area contributed by atoms with Gasteiger partial charge in [-0.15, -0.1) is 0 Å². The zero-order chi connectivity index (χ0) is 11.8. The molecule has 1 N–H and O–H groups in total. The highest BCUT2D eigenvalue weighted by Gasteiger charge is 2.38. The standard InChI is InChI=1S/C13H24N2O/c1-10-12(16)15(9-13(2,3)14-10)11-7-5-4-6-8-11/h10-11,14H,4-9H2,1-3H3. The van der Waals surface area contributed by atoms with Crippen LogP contribution in [0.2, 0.25) is 0 Å². The van der Waals surface area contributed by atoms with Crippen LogP contribution in [0.3, 0.4) is 0 Å². The van der Waals surface area contributed by atoms with Gasteiger partial charge >= 0.3 is 0 Å². The van der Waals surface area contributed by atoms with Crippen LogP contribution in [0.25, 0.3) is 0 Å². The second-order valence-corrected chi connectivity index (χ2v) is 6.01. The zero-order valence-electron chi connectivity index (χ0n) is 10.8. The molecular formula is C13H24N2O. The number of hydrogen-bond donors (Lipinski definition) is 1. The molecule has 0 aromatic heterocycles. The smallest absolute Gasteiger partial charge is 0.239 e. The second-order valence-electron chi connectivity index (χ2n) is 6.01. The Morgan fingerprint density at radius 3 is 2.50 bits per heavy atom. The van der Waals surface area contributed by atoms with E-state index in [0.717, 1.165) is 6.54 Å². The first-order valence-corrected chi connectivity index (χ1v) is 6.58. The summed E-state index contributed by atoms with van der Waals surface area (Å²) in [5.74, 6) is 0.297. The Morgan fingerprint density at radius 2 is 1.88 bits per heavy atom. The van der Waals surface area contributed by atoms with Crippen LogP contribution in [0.15, 0.2) is 0 Å². The molecule has 0 radical (unpaired) electrons. The van der Waals surface area contributed by atoms with E-state index in [0.29, 0.717) is 11.9 Å². The largest absolute Gasteiger partial charge is 0.337 e. The van der Waals surface area contributed by atoms with E-state index in [1.807, 2.05) is 6.92 Å². The number of carbonyl (C=O) groups excluding carboxylic acids is 1. The Kier molecular flexibility index (Phi) is 3.24. The Hall–Kier alpha value is -0.570. The SMILES string of the molecule is CC1NC(C)(C)CN(C2CCCCC2)C1=O. The van der Waals surface area contributed by atoms with E-state index < -0.39 is 0 Å². The van der Waals surface area contributed by atoms with Gasteiger partial charge in [0.05, 0.1) is 6.04 Å². The zero-order valence-corrected chi connectivity index (χ0v) is 10.8. The van der Waals surface area contributed by atoms with Gasteiger partial charge < -0.3 is 4.90 Å². The summed E-state index contributed by atoms with van der Waals surface area (Å²) in [5.41, 5.74) is 0.0603. The molecule has 1 amide bonds. The highest BCUT2D eigenvalue weighted by molar-refractivity contribution is 5.83. The molecular weight excluding hydrogens is 200 g/mol. The van der Waals surface area contributed by atoms with Crippen molar-refractivity contribution in [2.45, 2.75) is 70.5 Å². The van der Waals surface area contributed by atoms with Gasteiger partial charge in [0.15, 0.2) is 0 Å². The van der Waals surface area contributed by atoms with Crippen molar-refractivity contribution in [2.24, 2.45) is 0 Å². The Bertz CT molecular complexity index is 269. The molecule has 1 aliphatic carbocycles. The van der Waals surface area contributed by atoms with E-state index in [9.17, 15) is 4.79 Å². The summed E-state index contributed by atoms with van der Waals surface area (Å²) in [7, 11) is 0. The molecule has 1 saturated heterocycles. The third-order valence-electron chi connectivity index (χ3n) is 3.84. The molecule has 1 unspecified atom stereocenters. The molecule has 0 aromatic carbocycles. The van der Waals surface area contributed by atoms with Crippen LogP contribution in [-0.4, -0.2) is 35.0 Å². The number of amides is 1. The van der Waals surface area contributed by atoms with Crippen molar-refractivity contribution in [1.29, 1.82) is 0 Å². The molecule has 1 heterocycles. The van der Waals surface area contributed by atoms with E-state index >= 15 is 0 Å². The molecule has 0 spiro atoms. The molecule has 1 atom stereocenters. The Morgan fingerprint density at radius 1 is 1.25 bits per heavy atom. The fourth-order valence-electron chi connectivity index (χ4n) is 3.15. The van der Waals surface area contributed by atoms with Gasteiger partial charge in [-0.1, -0.05) is 19.3 Å². The average molecular weight is 224 g/mol. The van der Waals surface area contributed by atoms with Crippen molar-refractivity contribution in [1.82, 2.24) is 10.2 Å². The lowest BCUT2D eigenvalue weighted by Gasteiger charge is -2.46. The van der Waals surface area contributed by atoms with Gasteiger partial charge in [0.25, 0.3) is 0 Å². The lowest BCUT2D eigenvalue weighted by molar-refractivity contribution is -0.141. The normalized spacial score (nSPS) is 31.8. The van der Waals surface area contributed by atoms with E-state index in [2.05, 4.69) is 24.1 Å². The Balaban J connectivity index is 2.08. The molecule has 1 saturated carbocycles. The van der Waals surface area contributed by atoms with Crippen LogP contribution in [0.4, 0.5) is 0 Å². The molecule has 2 rings (SSSR count). The molecule has 1 aliphatic heterocycles. The lowest BCUT2D eigenvalue weighted by Crippen LogP contribution is -2.66. The van der Waals surface area contributed by atoms with Crippen molar-refractivity contribution < 1.29 is 4.79 Å². The predicted octanol–water partition coefficient (Wildman–Crippen LogP) is 1.92. The third kappa shape index (κ3) is 2.40. The average Bonchev–Trinajstić information content (AvgIpc) is 2.24. The molecule has 3 heteroatoms. The maximum Gasteiger partial charge on any atom is 0.239 e. The van der Waals surface area contributed by atoms with Crippen molar-refractivity contribution in [3.8, 4) is 0 Å². The second kappa shape index (κ2) is 4.36. The van der Waals surface area contributed by atoms with Crippen molar-refractivity contribution in [3.05, 3.63) is 0 Å².